The molecule has 5 nitrogen and oxygen atoms in total. The summed E-state index contributed by atoms with van der Waals surface area (Å²) in [5, 5.41) is 11.8. The van der Waals surface area contributed by atoms with Gasteiger partial charge in [0.1, 0.15) is 0 Å². The Morgan fingerprint density at radius 2 is 1.09 bits per heavy atom. The minimum Gasteiger partial charge on any atom is -0.545 e. The van der Waals surface area contributed by atoms with Crippen molar-refractivity contribution in [2.24, 2.45) is 11.8 Å². The molecule has 4 aliphatic rings. The van der Waals surface area contributed by atoms with E-state index in [9.17, 15) is 19.5 Å². The predicted molar refractivity (Wildman–Crippen MR) is 123 cm³/mol. The molecule has 3 aromatic carbocycles. The molecule has 0 aromatic heterocycles. The van der Waals surface area contributed by atoms with E-state index in [0.29, 0.717) is 0 Å². The summed E-state index contributed by atoms with van der Waals surface area (Å²) in [5.74, 6) is -3.81. The number of carbonyl (C=O) groups excluding carboxylic acids is 3. The Balaban J connectivity index is 1.66. The number of para-hydroxylation sites is 1. The van der Waals surface area contributed by atoms with Crippen LogP contribution in [0, 0.1) is 11.8 Å². The molecule has 0 spiro atoms. The number of benzene rings is 3. The second-order valence-corrected chi connectivity index (χ2v) is 10.8. The highest BCUT2D eigenvalue weighted by molar-refractivity contribution is 9.10. The van der Waals surface area contributed by atoms with Crippen LogP contribution in [0.5, 0.6) is 0 Å². The maximum absolute atomic E-state index is 13.9. The number of carboxylic acid groups (broad SMARTS) is 1. The van der Waals surface area contributed by atoms with E-state index >= 15 is 0 Å². The van der Waals surface area contributed by atoms with E-state index in [4.69, 9.17) is 0 Å². The number of rotatable bonds is 2. The zero-order valence-electron chi connectivity index (χ0n) is 16.4. The van der Waals surface area contributed by atoms with Gasteiger partial charge in [-0.3, -0.25) is 9.59 Å². The number of hydrogen-bond acceptors (Lipinski definition) is 4. The highest BCUT2D eigenvalue weighted by Gasteiger charge is 2.72. The maximum atomic E-state index is 13.9. The van der Waals surface area contributed by atoms with Crippen LogP contribution in [0.1, 0.15) is 32.6 Å². The van der Waals surface area contributed by atoms with Crippen LogP contribution < -0.4 is 10.0 Å². The van der Waals surface area contributed by atoms with Crippen molar-refractivity contribution in [1.29, 1.82) is 0 Å². The molecule has 2 amide bonds. The largest absolute Gasteiger partial charge is 0.545 e. The maximum Gasteiger partial charge on any atom is 0.239 e. The van der Waals surface area contributed by atoms with Gasteiger partial charge in [-0.1, -0.05) is 98.6 Å². The first kappa shape index (κ1) is 19.9. The van der Waals surface area contributed by atoms with Crippen molar-refractivity contribution < 1.29 is 19.5 Å². The lowest BCUT2D eigenvalue weighted by molar-refractivity contribution is -0.254. The van der Waals surface area contributed by atoms with Gasteiger partial charge in [-0.15, -0.1) is 0 Å². The number of halogens is 2. The van der Waals surface area contributed by atoms with E-state index in [1.165, 1.54) is 12.1 Å². The van der Waals surface area contributed by atoms with Gasteiger partial charge < -0.3 is 9.90 Å². The average molecular weight is 552 g/mol. The molecule has 1 saturated heterocycles. The zero-order valence-corrected chi connectivity index (χ0v) is 19.6. The SMILES string of the molecule is O=C([O-])c1ccccc1N1C(=O)[C@@H]2[C@H](C1=O)C1(Br)c3ccccc3C2(Br)c2ccccc21. The predicted octanol–water partition coefficient (Wildman–Crippen LogP) is 3.46. The molecule has 3 aliphatic carbocycles. The molecule has 3 aromatic rings. The quantitative estimate of drug-likeness (QED) is 0.361. The molecular formula is C25H14Br2NO4-. The van der Waals surface area contributed by atoms with Crippen molar-refractivity contribution >= 4 is 55.3 Å². The lowest BCUT2D eigenvalue weighted by Crippen LogP contribution is -2.56. The first-order valence-electron chi connectivity index (χ1n) is 10.1. The minimum absolute atomic E-state index is 0.0385. The standard InChI is InChI=1S/C25H15Br2NO4/c26-24-14-8-2-3-9-15(14)25(27,17-11-5-4-10-16(17)24)20-19(24)21(29)28(22(20)30)18-12-6-1-7-13(18)23(31)32/h1-12,19-20H,(H,31,32)/p-1/t19-,20+,24?,25?. The molecule has 7 heteroatoms. The number of alkyl halides is 2. The van der Waals surface area contributed by atoms with Gasteiger partial charge in [0.05, 0.1) is 32.1 Å². The van der Waals surface area contributed by atoms with Crippen LogP contribution in [0.2, 0.25) is 0 Å². The highest BCUT2D eigenvalue weighted by atomic mass is 79.9. The van der Waals surface area contributed by atoms with E-state index in [0.717, 1.165) is 27.2 Å². The van der Waals surface area contributed by atoms with Crippen molar-refractivity contribution in [2.45, 2.75) is 8.65 Å². The normalized spacial score (nSPS) is 29.5. The second-order valence-electron chi connectivity index (χ2n) is 8.29. The second kappa shape index (κ2) is 6.39. The third kappa shape index (κ3) is 2.11. The van der Waals surface area contributed by atoms with E-state index in [1.807, 2.05) is 48.5 Å². The number of hydrogen-bond donors (Lipinski definition) is 0. The third-order valence-corrected chi connectivity index (χ3v) is 9.65. The van der Waals surface area contributed by atoms with Crippen LogP contribution >= 0.6 is 31.9 Å². The van der Waals surface area contributed by atoms with Crippen molar-refractivity contribution in [3.05, 3.63) is 101 Å². The van der Waals surface area contributed by atoms with E-state index < -0.39 is 38.3 Å². The lowest BCUT2D eigenvalue weighted by Gasteiger charge is -2.55. The van der Waals surface area contributed by atoms with Gasteiger partial charge >= 0.3 is 0 Å². The molecule has 158 valence electrons. The minimum atomic E-state index is -1.44. The van der Waals surface area contributed by atoms with Gasteiger partial charge in [0.2, 0.25) is 11.8 Å². The Kier molecular flexibility index (Phi) is 3.97. The fourth-order valence-corrected chi connectivity index (χ4v) is 8.05. The molecule has 1 aliphatic heterocycles. The number of anilines is 1. The summed E-state index contributed by atoms with van der Waals surface area (Å²) in [7, 11) is 0. The first-order chi connectivity index (χ1) is 15.3. The van der Waals surface area contributed by atoms with Crippen molar-refractivity contribution in [3.63, 3.8) is 0 Å². The molecular weight excluding hydrogens is 538 g/mol. The molecule has 0 saturated carbocycles. The van der Waals surface area contributed by atoms with Crippen molar-refractivity contribution in [3.8, 4) is 0 Å². The molecule has 2 atom stereocenters. The zero-order chi connectivity index (χ0) is 22.4. The molecule has 1 fully saturated rings. The highest BCUT2D eigenvalue weighted by Crippen LogP contribution is 2.70. The Labute approximate surface area is 200 Å². The van der Waals surface area contributed by atoms with Gasteiger partial charge in [-0.2, -0.15) is 0 Å². The summed E-state index contributed by atoms with van der Waals surface area (Å²) in [6, 6.07) is 21.5. The number of carboxylic acids is 1. The Morgan fingerprint density at radius 1 is 0.719 bits per heavy atom. The first-order valence-corrected chi connectivity index (χ1v) is 11.7. The summed E-state index contributed by atoms with van der Waals surface area (Å²) in [6.07, 6.45) is 0. The van der Waals surface area contributed by atoms with Gasteiger partial charge in [-0.05, 0) is 28.3 Å². The smallest absolute Gasteiger partial charge is 0.239 e. The molecule has 0 unspecified atom stereocenters. The number of carbonyl (C=O) groups is 3. The van der Waals surface area contributed by atoms with E-state index in [-0.39, 0.29) is 11.3 Å². The molecule has 0 N–H and O–H groups in total. The fraction of sp³-hybridized carbons (Fsp3) is 0.160. The van der Waals surface area contributed by atoms with Crippen molar-refractivity contribution in [1.82, 2.24) is 0 Å². The Morgan fingerprint density at radius 3 is 1.50 bits per heavy atom. The van der Waals surface area contributed by atoms with Crippen LogP contribution in [-0.4, -0.2) is 17.8 Å². The summed E-state index contributed by atoms with van der Waals surface area (Å²) >= 11 is 7.86. The van der Waals surface area contributed by atoms with Crippen molar-refractivity contribution in [2.75, 3.05) is 4.90 Å². The van der Waals surface area contributed by atoms with Gasteiger partial charge in [0, 0.05) is 5.56 Å². The van der Waals surface area contributed by atoms with Crippen LogP contribution in [0.4, 0.5) is 5.69 Å². The third-order valence-electron chi connectivity index (χ3n) is 6.95. The molecule has 0 radical (unpaired) electrons. The van der Waals surface area contributed by atoms with Gasteiger partial charge in [0.15, 0.2) is 0 Å². The molecule has 32 heavy (non-hydrogen) atoms. The Hall–Kier alpha value is -2.77. The van der Waals surface area contributed by atoms with Gasteiger partial charge in [-0.25, -0.2) is 4.90 Å². The molecule has 7 rings (SSSR count). The van der Waals surface area contributed by atoms with Crippen LogP contribution in [0.15, 0.2) is 72.8 Å². The number of amides is 2. The topological polar surface area (TPSA) is 77.5 Å². The number of imide groups is 1. The number of nitrogens with zero attached hydrogens (tertiary/aromatic N) is 1. The van der Waals surface area contributed by atoms with Crippen LogP contribution in [-0.2, 0) is 18.2 Å². The summed E-state index contributed by atoms with van der Waals surface area (Å²) in [6.45, 7) is 0. The Bertz CT molecular complexity index is 1250. The molecule has 2 bridgehead atoms. The summed E-state index contributed by atoms with van der Waals surface area (Å²) in [5.41, 5.74) is 3.54. The fourth-order valence-electron chi connectivity index (χ4n) is 5.75. The lowest BCUT2D eigenvalue weighted by atomic mass is 9.54. The van der Waals surface area contributed by atoms with Gasteiger partial charge in [0.25, 0.3) is 0 Å². The summed E-state index contributed by atoms with van der Waals surface area (Å²) < 4.78 is -1.84. The molecule has 1 heterocycles. The number of aromatic carboxylic acids is 1. The van der Waals surface area contributed by atoms with E-state index in [1.54, 1.807) is 12.1 Å². The van der Waals surface area contributed by atoms with E-state index in [2.05, 4.69) is 31.9 Å². The summed E-state index contributed by atoms with van der Waals surface area (Å²) in [4.78, 5) is 40.6. The average Bonchev–Trinajstić information content (AvgIpc) is 3.08. The monoisotopic (exact) mass is 550 g/mol. The van der Waals surface area contributed by atoms with Crippen LogP contribution in [0.3, 0.4) is 0 Å². The van der Waals surface area contributed by atoms with Crippen LogP contribution in [0.25, 0.3) is 0 Å².